The third-order valence-corrected chi connectivity index (χ3v) is 3.34. The van der Waals surface area contributed by atoms with Gasteiger partial charge in [-0.25, -0.2) is 0 Å². The van der Waals surface area contributed by atoms with Crippen molar-refractivity contribution in [3.05, 3.63) is 29.8 Å². The maximum atomic E-state index is 9.26. The minimum atomic E-state index is -0.188. The van der Waals surface area contributed by atoms with E-state index in [-0.39, 0.29) is 5.41 Å². The second-order valence-corrected chi connectivity index (χ2v) is 4.49. The Kier molecular flexibility index (Phi) is 2.40. The van der Waals surface area contributed by atoms with Gasteiger partial charge >= 0.3 is 0 Å². The normalized spacial score (nSPS) is 17.7. The number of hydrogen-bond donors (Lipinski definition) is 0. The molecule has 0 amide bonds. The second kappa shape index (κ2) is 3.58. The molecular formula is C13H16N2. The molecule has 0 aliphatic heterocycles. The Labute approximate surface area is 91.1 Å². The summed E-state index contributed by atoms with van der Waals surface area (Å²) in [4.78, 5) is 2.08. The molecule has 0 spiro atoms. The van der Waals surface area contributed by atoms with Gasteiger partial charge in [-0.1, -0.05) is 12.1 Å². The van der Waals surface area contributed by atoms with E-state index in [0.717, 1.165) is 12.8 Å². The number of rotatable bonds is 2. The van der Waals surface area contributed by atoms with Gasteiger partial charge in [0.15, 0.2) is 0 Å². The molecule has 0 aromatic heterocycles. The van der Waals surface area contributed by atoms with E-state index in [9.17, 15) is 5.26 Å². The molecule has 1 aromatic rings. The first kappa shape index (κ1) is 10.0. The first-order valence-corrected chi connectivity index (χ1v) is 5.37. The van der Waals surface area contributed by atoms with Crippen LogP contribution in [0.15, 0.2) is 24.3 Å². The van der Waals surface area contributed by atoms with Gasteiger partial charge in [-0.3, -0.25) is 0 Å². The summed E-state index contributed by atoms with van der Waals surface area (Å²) in [5.41, 5.74) is 2.17. The molecule has 1 saturated carbocycles. The van der Waals surface area contributed by atoms with Gasteiger partial charge in [0.25, 0.3) is 0 Å². The fourth-order valence-corrected chi connectivity index (χ4v) is 2.08. The topological polar surface area (TPSA) is 27.0 Å². The van der Waals surface area contributed by atoms with E-state index in [1.807, 2.05) is 20.2 Å². The molecule has 0 atom stereocenters. The monoisotopic (exact) mass is 200 g/mol. The van der Waals surface area contributed by atoms with Crippen molar-refractivity contribution in [2.45, 2.75) is 24.7 Å². The molecule has 2 nitrogen and oxygen atoms in total. The third kappa shape index (κ3) is 1.59. The van der Waals surface area contributed by atoms with Gasteiger partial charge in [0.2, 0.25) is 0 Å². The molecule has 0 bridgehead atoms. The summed E-state index contributed by atoms with van der Waals surface area (Å²) >= 11 is 0. The summed E-state index contributed by atoms with van der Waals surface area (Å²) in [6, 6.07) is 10.8. The SMILES string of the molecule is CN(C)c1cccc(C2(C#N)CCC2)c1. The van der Waals surface area contributed by atoms with Crippen LogP contribution in [0.5, 0.6) is 0 Å². The Hall–Kier alpha value is -1.49. The number of anilines is 1. The highest BCUT2D eigenvalue weighted by molar-refractivity contribution is 5.51. The Bertz CT molecular complexity index is 397. The zero-order valence-corrected chi connectivity index (χ0v) is 9.33. The lowest BCUT2D eigenvalue weighted by molar-refractivity contribution is 0.324. The zero-order chi connectivity index (χ0) is 10.9. The predicted octanol–water partition coefficient (Wildman–Crippen LogP) is 2.70. The lowest BCUT2D eigenvalue weighted by atomic mass is 9.65. The largest absolute Gasteiger partial charge is 0.378 e. The Morgan fingerprint density at radius 1 is 1.33 bits per heavy atom. The molecule has 2 heteroatoms. The van der Waals surface area contributed by atoms with Crippen molar-refractivity contribution in [1.29, 1.82) is 5.26 Å². The summed E-state index contributed by atoms with van der Waals surface area (Å²) in [6.07, 6.45) is 3.21. The average Bonchev–Trinajstić information content (AvgIpc) is 2.17. The van der Waals surface area contributed by atoms with Crippen molar-refractivity contribution in [3.8, 4) is 6.07 Å². The van der Waals surface area contributed by atoms with Crippen LogP contribution < -0.4 is 4.90 Å². The number of nitrogens with zero attached hydrogens (tertiary/aromatic N) is 2. The molecule has 1 aliphatic carbocycles. The minimum Gasteiger partial charge on any atom is -0.378 e. The van der Waals surface area contributed by atoms with Gasteiger partial charge in [0, 0.05) is 19.8 Å². The zero-order valence-electron chi connectivity index (χ0n) is 9.33. The highest BCUT2D eigenvalue weighted by Gasteiger charge is 2.38. The van der Waals surface area contributed by atoms with Crippen LogP contribution in [0, 0.1) is 11.3 Å². The van der Waals surface area contributed by atoms with E-state index in [1.54, 1.807) is 0 Å². The lowest BCUT2D eigenvalue weighted by Crippen LogP contribution is -2.32. The van der Waals surface area contributed by atoms with Crippen molar-refractivity contribution in [2.24, 2.45) is 0 Å². The summed E-state index contributed by atoms with van der Waals surface area (Å²) in [7, 11) is 4.05. The van der Waals surface area contributed by atoms with Crippen LogP contribution in [-0.2, 0) is 5.41 Å². The third-order valence-electron chi connectivity index (χ3n) is 3.34. The Balaban J connectivity index is 2.37. The van der Waals surface area contributed by atoms with Crippen LogP contribution in [0.2, 0.25) is 0 Å². The Morgan fingerprint density at radius 2 is 2.07 bits per heavy atom. The van der Waals surface area contributed by atoms with Gasteiger partial charge in [-0.05, 0) is 37.0 Å². The standard InChI is InChI=1S/C13H16N2/c1-15(2)12-6-3-5-11(9-12)13(10-14)7-4-8-13/h3,5-6,9H,4,7-8H2,1-2H3. The van der Waals surface area contributed by atoms with E-state index < -0.39 is 0 Å². The van der Waals surface area contributed by atoms with Gasteiger partial charge < -0.3 is 4.90 Å². The lowest BCUT2D eigenvalue weighted by Gasteiger charge is -2.36. The van der Waals surface area contributed by atoms with Gasteiger partial charge in [-0.2, -0.15) is 5.26 Å². The first-order valence-electron chi connectivity index (χ1n) is 5.37. The van der Waals surface area contributed by atoms with E-state index in [1.165, 1.54) is 17.7 Å². The van der Waals surface area contributed by atoms with Crippen molar-refractivity contribution < 1.29 is 0 Å². The molecule has 0 N–H and O–H groups in total. The minimum absolute atomic E-state index is 0.188. The number of hydrogen-bond acceptors (Lipinski definition) is 2. The molecular weight excluding hydrogens is 184 g/mol. The molecule has 2 rings (SSSR count). The molecule has 0 radical (unpaired) electrons. The van der Waals surface area contributed by atoms with Gasteiger partial charge in [-0.15, -0.1) is 0 Å². The van der Waals surface area contributed by atoms with E-state index in [0.29, 0.717) is 0 Å². The highest BCUT2D eigenvalue weighted by atomic mass is 15.1. The quantitative estimate of drug-likeness (QED) is 0.734. The van der Waals surface area contributed by atoms with Crippen LogP contribution in [-0.4, -0.2) is 14.1 Å². The fraction of sp³-hybridized carbons (Fsp3) is 0.462. The van der Waals surface area contributed by atoms with Crippen LogP contribution >= 0.6 is 0 Å². The van der Waals surface area contributed by atoms with Crippen molar-refractivity contribution in [2.75, 3.05) is 19.0 Å². The van der Waals surface area contributed by atoms with Gasteiger partial charge in [0.05, 0.1) is 11.5 Å². The predicted molar refractivity (Wildman–Crippen MR) is 61.9 cm³/mol. The smallest absolute Gasteiger partial charge is 0.0823 e. The summed E-state index contributed by atoms with van der Waals surface area (Å²) in [5, 5.41) is 9.26. The van der Waals surface area contributed by atoms with E-state index in [4.69, 9.17) is 0 Å². The molecule has 1 aliphatic rings. The number of benzene rings is 1. The average molecular weight is 200 g/mol. The Morgan fingerprint density at radius 3 is 2.53 bits per heavy atom. The molecule has 0 saturated heterocycles. The molecule has 0 heterocycles. The first-order chi connectivity index (χ1) is 7.18. The van der Waals surface area contributed by atoms with Crippen LogP contribution in [0.1, 0.15) is 24.8 Å². The molecule has 1 fully saturated rings. The maximum absolute atomic E-state index is 9.26. The van der Waals surface area contributed by atoms with E-state index in [2.05, 4.69) is 29.2 Å². The molecule has 78 valence electrons. The summed E-state index contributed by atoms with van der Waals surface area (Å²) < 4.78 is 0. The maximum Gasteiger partial charge on any atom is 0.0823 e. The van der Waals surface area contributed by atoms with E-state index >= 15 is 0 Å². The molecule has 1 aromatic carbocycles. The van der Waals surface area contributed by atoms with Crippen LogP contribution in [0.3, 0.4) is 0 Å². The van der Waals surface area contributed by atoms with Crippen molar-refractivity contribution in [3.63, 3.8) is 0 Å². The fourth-order valence-electron chi connectivity index (χ4n) is 2.08. The second-order valence-electron chi connectivity index (χ2n) is 4.49. The van der Waals surface area contributed by atoms with Crippen LogP contribution in [0.4, 0.5) is 5.69 Å². The number of nitriles is 1. The van der Waals surface area contributed by atoms with Gasteiger partial charge in [0.1, 0.15) is 0 Å². The summed E-state index contributed by atoms with van der Waals surface area (Å²) in [6.45, 7) is 0. The van der Waals surface area contributed by atoms with Crippen molar-refractivity contribution in [1.82, 2.24) is 0 Å². The van der Waals surface area contributed by atoms with Crippen LogP contribution in [0.25, 0.3) is 0 Å². The summed E-state index contributed by atoms with van der Waals surface area (Å²) in [5.74, 6) is 0. The molecule has 0 unspecified atom stereocenters. The highest BCUT2D eigenvalue weighted by Crippen LogP contribution is 2.43. The molecule has 15 heavy (non-hydrogen) atoms. The van der Waals surface area contributed by atoms with Crippen molar-refractivity contribution >= 4 is 5.69 Å².